The molecule has 1 aliphatic carbocycles. The Labute approximate surface area is 172 Å². The van der Waals surface area contributed by atoms with Crippen molar-refractivity contribution in [2.24, 2.45) is 0 Å². The maximum absolute atomic E-state index is 13.9. The molecule has 2 N–H and O–H groups in total. The van der Waals surface area contributed by atoms with Crippen molar-refractivity contribution in [1.82, 2.24) is 9.88 Å². The van der Waals surface area contributed by atoms with Crippen LogP contribution in [0.15, 0.2) is 42.5 Å². The van der Waals surface area contributed by atoms with Crippen LogP contribution in [0.3, 0.4) is 0 Å². The van der Waals surface area contributed by atoms with Gasteiger partial charge in [0.2, 0.25) is 5.91 Å². The SMILES string of the molecule is O=C(O)Cn1c2c(c3cc(F)ccc31)C[C@@H](NC(=O)CCc1ccc(F)cc1)CC2. The minimum Gasteiger partial charge on any atom is -0.480 e. The lowest BCUT2D eigenvalue weighted by Crippen LogP contribution is -2.39. The Kier molecular flexibility index (Phi) is 5.53. The van der Waals surface area contributed by atoms with Gasteiger partial charge in [-0.15, -0.1) is 0 Å². The summed E-state index contributed by atoms with van der Waals surface area (Å²) in [5.41, 5.74) is 3.40. The summed E-state index contributed by atoms with van der Waals surface area (Å²) in [5, 5.41) is 13.0. The fourth-order valence-electron chi connectivity index (χ4n) is 4.27. The number of aromatic nitrogens is 1. The summed E-state index contributed by atoms with van der Waals surface area (Å²) in [6.07, 6.45) is 2.65. The second kappa shape index (κ2) is 8.26. The first-order valence-corrected chi connectivity index (χ1v) is 9.96. The van der Waals surface area contributed by atoms with Gasteiger partial charge in [0.1, 0.15) is 18.2 Å². The number of aliphatic carboxylic acids is 1. The molecule has 30 heavy (non-hydrogen) atoms. The van der Waals surface area contributed by atoms with Crippen LogP contribution in [-0.4, -0.2) is 27.6 Å². The molecule has 0 spiro atoms. The van der Waals surface area contributed by atoms with Crippen LogP contribution in [-0.2, 0) is 35.4 Å². The average molecular weight is 412 g/mol. The lowest BCUT2D eigenvalue weighted by molar-refractivity contribution is -0.137. The molecule has 0 fully saturated rings. The molecule has 1 heterocycles. The number of halogens is 2. The molecule has 156 valence electrons. The number of nitrogens with zero attached hydrogens (tertiary/aromatic N) is 1. The van der Waals surface area contributed by atoms with Crippen molar-refractivity contribution in [3.05, 3.63) is 70.9 Å². The fourth-order valence-corrected chi connectivity index (χ4v) is 4.27. The van der Waals surface area contributed by atoms with E-state index in [0.29, 0.717) is 43.0 Å². The molecule has 0 saturated heterocycles. The number of hydrogen-bond acceptors (Lipinski definition) is 2. The maximum atomic E-state index is 13.9. The van der Waals surface area contributed by atoms with Gasteiger partial charge in [-0.3, -0.25) is 9.59 Å². The molecule has 2 aromatic carbocycles. The normalized spacial score (nSPS) is 15.7. The van der Waals surface area contributed by atoms with Crippen molar-refractivity contribution in [2.45, 2.75) is 44.7 Å². The van der Waals surface area contributed by atoms with Crippen LogP contribution < -0.4 is 5.32 Å². The average Bonchev–Trinajstić information content (AvgIpc) is 2.99. The van der Waals surface area contributed by atoms with Crippen LogP contribution in [0.2, 0.25) is 0 Å². The summed E-state index contributed by atoms with van der Waals surface area (Å²) in [6, 6.07) is 10.4. The number of aryl methyl sites for hydroxylation is 1. The third kappa shape index (κ3) is 4.20. The van der Waals surface area contributed by atoms with Gasteiger partial charge < -0.3 is 15.0 Å². The highest BCUT2D eigenvalue weighted by atomic mass is 19.1. The predicted molar refractivity (Wildman–Crippen MR) is 108 cm³/mol. The van der Waals surface area contributed by atoms with Crippen molar-refractivity contribution >= 4 is 22.8 Å². The minimum absolute atomic E-state index is 0.0896. The Morgan fingerprint density at radius 3 is 2.57 bits per heavy atom. The Balaban J connectivity index is 1.48. The molecule has 7 heteroatoms. The number of carbonyl (C=O) groups is 2. The zero-order valence-electron chi connectivity index (χ0n) is 16.3. The molecule has 1 aliphatic rings. The van der Waals surface area contributed by atoms with Gasteiger partial charge in [-0.2, -0.15) is 0 Å². The van der Waals surface area contributed by atoms with E-state index in [1.165, 1.54) is 24.3 Å². The number of carbonyl (C=O) groups excluding carboxylic acids is 1. The zero-order valence-corrected chi connectivity index (χ0v) is 16.3. The highest BCUT2D eigenvalue weighted by Crippen LogP contribution is 2.33. The first-order valence-electron chi connectivity index (χ1n) is 9.96. The van der Waals surface area contributed by atoms with Crippen LogP contribution in [0.4, 0.5) is 8.78 Å². The largest absolute Gasteiger partial charge is 0.480 e. The number of carboxylic acid groups (broad SMARTS) is 1. The van der Waals surface area contributed by atoms with Gasteiger partial charge in [-0.25, -0.2) is 8.78 Å². The topological polar surface area (TPSA) is 71.3 Å². The number of benzene rings is 2. The number of hydrogen-bond donors (Lipinski definition) is 2. The molecule has 0 radical (unpaired) electrons. The third-order valence-electron chi connectivity index (χ3n) is 5.64. The second-order valence-electron chi connectivity index (χ2n) is 7.70. The van der Waals surface area contributed by atoms with Crippen molar-refractivity contribution in [2.75, 3.05) is 0 Å². The Morgan fingerprint density at radius 1 is 1.10 bits per heavy atom. The summed E-state index contributed by atoms with van der Waals surface area (Å²) in [4.78, 5) is 23.7. The van der Waals surface area contributed by atoms with Gasteiger partial charge in [0, 0.05) is 29.1 Å². The molecule has 1 atom stereocenters. The van der Waals surface area contributed by atoms with Crippen LogP contribution in [0.5, 0.6) is 0 Å². The number of nitrogens with one attached hydrogen (secondary N) is 1. The molecule has 0 bridgehead atoms. The predicted octanol–water partition coefficient (Wildman–Crippen LogP) is 3.61. The zero-order chi connectivity index (χ0) is 21.3. The van der Waals surface area contributed by atoms with E-state index >= 15 is 0 Å². The van der Waals surface area contributed by atoms with Gasteiger partial charge in [0.15, 0.2) is 0 Å². The molecule has 0 saturated carbocycles. The standard InChI is InChI=1S/C23H22F2N2O3/c24-15-4-1-14(2-5-15)3-10-22(28)26-17-7-9-21-19(12-17)18-11-16(25)6-8-20(18)27(21)13-23(29)30/h1-2,4-6,8,11,17H,3,7,9-10,12-13H2,(H,26,28)(H,29,30)/t17-/m0/s1. The smallest absolute Gasteiger partial charge is 0.323 e. The molecule has 5 nitrogen and oxygen atoms in total. The number of carboxylic acids is 1. The minimum atomic E-state index is -0.949. The molecule has 0 aliphatic heterocycles. The highest BCUT2D eigenvalue weighted by molar-refractivity contribution is 5.87. The van der Waals surface area contributed by atoms with E-state index < -0.39 is 5.97 Å². The van der Waals surface area contributed by atoms with Gasteiger partial charge in [0.25, 0.3) is 0 Å². The van der Waals surface area contributed by atoms with E-state index in [9.17, 15) is 23.5 Å². The first-order chi connectivity index (χ1) is 14.4. The maximum Gasteiger partial charge on any atom is 0.323 e. The van der Waals surface area contributed by atoms with E-state index in [1.807, 2.05) is 0 Å². The van der Waals surface area contributed by atoms with Gasteiger partial charge >= 0.3 is 5.97 Å². The van der Waals surface area contributed by atoms with E-state index in [4.69, 9.17) is 0 Å². The molecule has 3 aromatic rings. The summed E-state index contributed by atoms with van der Waals surface area (Å²) in [6.45, 7) is -0.174. The molecule has 0 unspecified atom stereocenters. The Morgan fingerprint density at radius 2 is 1.83 bits per heavy atom. The van der Waals surface area contributed by atoms with E-state index in [1.54, 1.807) is 22.8 Å². The van der Waals surface area contributed by atoms with E-state index in [0.717, 1.165) is 16.8 Å². The molecule has 4 rings (SSSR count). The van der Waals surface area contributed by atoms with Crippen LogP contribution >= 0.6 is 0 Å². The highest BCUT2D eigenvalue weighted by Gasteiger charge is 2.27. The van der Waals surface area contributed by atoms with Crippen molar-refractivity contribution in [3.8, 4) is 0 Å². The van der Waals surface area contributed by atoms with Gasteiger partial charge in [-0.1, -0.05) is 12.1 Å². The summed E-state index contributed by atoms with van der Waals surface area (Å²) < 4.78 is 28.6. The number of amides is 1. The van der Waals surface area contributed by atoms with E-state index in [2.05, 4.69) is 5.32 Å². The lowest BCUT2D eigenvalue weighted by atomic mass is 9.91. The third-order valence-corrected chi connectivity index (χ3v) is 5.64. The summed E-state index contributed by atoms with van der Waals surface area (Å²) in [5.74, 6) is -1.72. The molecular weight excluding hydrogens is 390 g/mol. The molecular formula is C23H22F2N2O3. The first kappa shape index (κ1) is 20.1. The van der Waals surface area contributed by atoms with Crippen molar-refractivity contribution in [1.29, 1.82) is 0 Å². The van der Waals surface area contributed by atoms with Crippen LogP contribution in [0, 0.1) is 11.6 Å². The van der Waals surface area contributed by atoms with Crippen molar-refractivity contribution in [3.63, 3.8) is 0 Å². The number of rotatable bonds is 6. The van der Waals surface area contributed by atoms with E-state index in [-0.39, 0.29) is 30.1 Å². The van der Waals surface area contributed by atoms with Gasteiger partial charge in [-0.05, 0) is 67.1 Å². The second-order valence-corrected chi connectivity index (χ2v) is 7.70. The Bertz CT molecular complexity index is 1110. The molecule has 1 aromatic heterocycles. The van der Waals surface area contributed by atoms with Gasteiger partial charge in [0.05, 0.1) is 0 Å². The lowest BCUT2D eigenvalue weighted by Gasteiger charge is -2.25. The monoisotopic (exact) mass is 412 g/mol. The number of fused-ring (bicyclic) bond motifs is 3. The van der Waals surface area contributed by atoms with Crippen molar-refractivity contribution < 1.29 is 23.5 Å². The summed E-state index contributed by atoms with van der Waals surface area (Å²) in [7, 11) is 0. The van der Waals surface area contributed by atoms with Crippen LogP contribution in [0.25, 0.3) is 10.9 Å². The quantitative estimate of drug-likeness (QED) is 0.650. The molecule has 1 amide bonds. The van der Waals surface area contributed by atoms with Crippen LogP contribution in [0.1, 0.15) is 29.7 Å². The Hall–Kier alpha value is -3.22. The fraction of sp³-hybridized carbons (Fsp3) is 0.304. The summed E-state index contributed by atoms with van der Waals surface area (Å²) >= 11 is 0.